The molecule has 0 bridgehead atoms. The van der Waals surface area contributed by atoms with Crippen LogP contribution in [0.25, 0.3) is 0 Å². The molecule has 2 N–H and O–H groups in total. The maximum Gasteiger partial charge on any atom is 0.337 e. The Kier molecular flexibility index (Phi) is 3.89. The first kappa shape index (κ1) is 14.9. The average Bonchev–Trinajstić information content (AvgIpc) is 2.60. The summed E-state index contributed by atoms with van der Waals surface area (Å²) in [4.78, 5) is 24.0. The van der Waals surface area contributed by atoms with Crippen LogP contribution in [-0.2, 0) is 4.74 Å². The molecule has 1 atom stereocenters. The van der Waals surface area contributed by atoms with Crippen molar-refractivity contribution in [3.63, 3.8) is 0 Å². The second-order valence-electron chi connectivity index (χ2n) is 5.04. The lowest BCUT2D eigenvalue weighted by molar-refractivity contribution is 0.0600. The molecular weight excluding hydrogens is 296 g/mol. The number of carbonyl (C=O) groups is 2. The minimum atomic E-state index is -0.479. The Labute approximate surface area is 133 Å². The number of hydrogen-bond acceptors (Lipinski definition) is 5. The van der Waals surface area contributed by atoms with Crippen LogP contribution in [0.2, 0.25) is 0 Å². The van der Waals surface area contributed by atoms with Gasteiger partial charge < -0.3 is 20.1 Å². The average molecular weight is 312 g/mol. The van der Waals surface area contributed by atoms with Crippen LogP contribution in [0.1, 0.15) is 32.4 Å². The molecule has 1 amide bonds. The van der Waals surface area contributed by atoms with E-state index in [0.717, 1.165) is 5.56 Å². The van der Waals surface area contributed by atoms with Gasteiger partial charge in [0.1, 0.15) is 11.9 Å². The molecule has 2 aromatic carbocycles. The zero-order valence-electron chi connectivity index (χ0n) is 12.8. The fourth-order valence-electron chi connectivity index (χ4n) is 2.56. The topological polar surface area (TPSA) is 76.7 Å². The van der Waals surface area contributed by atoms with Gasteiger partial charge in [0.05, 0.1) is 25.3 Å². The second kappa shape index (κ2) is 6.00. The van der Waals surface area contributed by atoms with Gasteiger partial charge in [-0.05, 0) is 24.3 Å². The fraction of sp³-hybridized carbons (Fsp3) is 0.176. The number of benzene rings is 2. The van der Waals surface area contributed by atoms with Gasteiger partial charge in [0.2, 0.25) is 0 Å². The first-order valence-electron chi connectivity index (χ1n) is 7.06. The Morgan fingerprint density at radius 2 is 1.87 bits per heavy atom. The molecule has 0 fully saturated rings. The van der Waals surface area contributed by atoms with Gasteiger partial charge in [-0.3, -0.25) is 4.79 Å². The lowest BCUT2D eigenvalue weighted by Gasteiger charge is -2.29. The summed E-state index contributed by atoms with van der Waals surface area (Å²) in [7, 11) is 2.89. The predicted molar refractivity (Wildman–Crippen MR) is 84.6 cm³/mol. The van der Waals surface area contributed by atoms with Crippen molar-refractivity contribution in [2.75, 3.05) is 19.5 Å². The van der Waals surface area contributed by atoms with Gasteiger partial charge in [0.15, 0.2) is 0 Å². The number of ether oxygens (including phenoxy) is 2. The highest BCUT2D eigenvalue weighted by Crippen LogP contribution is 2.31. The van der Waals surface area contributed by atoms with E-state index in [9.17, 15) is 9.59 Å². The van der Waals surface area contributed by atoms with E-state index in [2.05, 4.69) is 15.4 Å². The van der Waals surface area contributed by atoms with Crippen LogP contribution in [0, 0.1) is 0 Å². The number of esters is 1. The number of rotatable bonds is 3. The van der Waals surface area contributed by atoms with Gasteiger partial charge in [-0.25, -0.2) is 4.79 Å². The third-order valence-electron chi connectivity index (χ3n) is 3.71. The highest BCUT2D eigenvalue weighted by atomic mass is 16.5. The van der Waals surface area contributed by atoms with Gasteiger partial charge in [-0.1, -0.05) is 18.2 Å². The molecule has 1 aliphatic rings. The van der Waals surface area contributed by atoms with Crippen molar-refractivity contribution in [1.82, 2.24) is 5.32 Å². The van der Waals surface area contributed by atoms with E-state index < -0.39 is 12.1 Å². The highest BCUT2D eigenvalue weighted by molar-refractivity contribution is 6.04. The molecule has 118 valence electrons. The van der Waals surface area contributed by atoms with Gasteiger partial charge >= 0.3 is 5.97 Å². The van der Waals surface area contributed by atoms with Crippen molar-refractivity contribution < 1.29 is 19.1 Å². The summed E-state index contributed by atoms with van der Waals surface area (Å²) in [5.74, 6) is -0.0622. The van der Waals surface area contributed by atoms with E-state index in [1.54, 1.807) is 19.2 Å². The summed E-state index contributed by atoms with van der Waals surface area (Å²) in [6, 6.07) is 12.3. The first-order chi connectivity index (χ1) is 11.1. The Hall–Kier alpha value is -3.02. The Morgan fingerprint density at radius 3 is 2.61 bits per heavy atom. The monoisotopic (exact) mass is 312 g/mol. The molecule has 1 aliphatic heterocycles. The van der Waals surface area contributed by atoms with Crippen LogP contribution in [0.15, 0.2) is 42.5 Å². The molecule has 0 aliphatic carbocycles. The summed E-state index contributed by atoms with van der Waals surface area (Å²) in [6.07, 6.45) is -0.407. The number of hydrogen-bond donors (Lipinski definition) is 2. The van der Waals surface area contributed by atoms with E-state index >= 15 is 0 Å². The molecule has 23 heavy (non-hydrogen) atoms. The number of carbonyl (C=O) groups excluding carboxylic acids is 2. The molecule has 0 saturated heterocycles. The van der Waals surface area contributed by atoms with Crippen molar-refractivity contribution in [3.05, 3.63) is 59.2 Å². The molecular formula is C17H16N2O4. The predicted octanol–water partition coefficient (Wildman–Crippen LogP) is 2.34. The van der Waals surface area contributed by atoms with E-state index in [1.807, 2.05) is 24.3 Å². The Balaban J connectivity index is 1.95. The zero-order chi connectivity index (χ0) is 16.4. The largest absolute Gasteiger partial charge is 0.496 e. The van der Waals surface area contributed by atoms with Crippen LogP contribution in [-0.4, -0.2) is 26.1 Å². The van der Waals surface area contributed by atoms with Crippen molar-refractivity contribution in [2.45, 2.75) is 6.17 Å². The number of methoxy groups -OCH3 is 2. The third kappa shape index (κ3) is 2.70. The molecule has 6 nitrogen and oxygen atoms in total. The molecule has 0 saturated carbocycles. The van der Waals surface area contributed by atoms with Crippen LogP contribution in [0.4, 0.5) is 5.69 Å². The molecule has 2 aromatic rings. The summed E-state index contributed by atoms with van der Waals surface area (Å²) < 4.78 is 10.0. The van der Waals surface area contributed by atoms with Crippen LogP contribution >= 0.6 is 0 Å². The summed E-state index contributed by atoms with van der Waals surface area (Å²) >= 11 is 0. The fourth-order valence-corrected chi connectivity index (χ4v) is 2.56. The molecule has 0 aromatic heterocycles. The van der Waals surface area contributed by atoms with Gasteiger partial charge in [0, 0.05) is 11.3 Å². The number of fused-ring (bicyclic) bond motifs is 1. The van der Waals surface area contributed by atoms with Crippen LogP contribution < -0.4 is 15.4 Å². The SMILES string of the molecule is COC(=O)c1ccc2c(c1)C(=O)NC(c1ccccc1OC)N2. The molecule has 0 spiro atoms. The van der Waals surface area contributed by atoms with Crippen molar-refractivity contribution in [3.8, 4) is 5.75 Å². The van der Waals surface area contributed by atoms with Crippen molar-refractivity contribution >= 4 is 17.6 Å². The van der Waals surface area contributed by atoms with E-state index in [1.165, 1.54) is 13.2 Å². The maximum atomic E-state index is 12.4. The van der Waals surface area contributed by atoms with E-state index in [-0.39, 0.29) is 5.91 Å². The second-order valence-corrected chi connectivity index (χ2v) is 5.04. The molecule has 1 heterocycles. The normalized spacial score (nSPS) is 15.9. The van der Waals surface area contributed by atoms with Crippen molar-refractivity contribution in [1.29, 1.82) is 0 Å². The van der Waals surface area contributed by atoms with Crippen molar-refractivity contribution in [2.24, 2.45) is 0 Å². The van der Waals surface area contributed by atoms with Gasteiger partial charge in [-0.15, -0.1) is 0 Å². The Morgan fingerprint density at radius 1 is 1.09 bits per heavy atom. The Bertz CT molecular complexity index is 773. The summed E-state index contributed by atoms with van der Waals surface area (Å²) in [5, 5.41) is 6.10. The molecule has 0 radical (unpaired) electrons. The van der Waals surface area contributed by atoms with Gasteiger partial charge in [-0.2, -0.15) is 0 Å². The zero-order valence-corrected chi connectivity index (χ0v) is 12.8. The minimum absolute atomic E-state index is 0.264. The smallest absolute Gasteiger partial charge is 0.337 e. The maximum absolute atomic E-state index is 12.4. The molecule has 6 heteroatoms. The number of anilines is 1. The van der Waals surface area contributed by atoms with Crippen LogP contribution in [0.5, 0.6) is 5.75 Å². The molecule has 1 unspecified atom stereocenters. The number of amides is 1. The number of para-hydroxylation sites is 1. The lowest BCUT2D eigenvalue weighted by Crippen LogP contribution is -2.38. The summed E-state index contributed by atoms with van der Waals surface area (Å²) in [6.45, 7) is 0. The van der Waals surface area contributed by atoms with E-state index in [4.69, 9.17) is 4.74 Å². The highest BCUT2D eigenvalue weighted by Gasteiger charge is 2.27. The van der Waals surface area contributed by atoms with E-state index in [0.29, 0.717) is 22.6 Å². The quantitative estimate of drug-likeness (QED) is 0.851. The summed E-state index contributed by atoms with van der Waals surface area (Å²) in [5.41, 5.74) is 2.21. The minimum Gasteiger partial charge on any atom is -0.496 e. The van der Waals surface area contributed by atoms with Gasteiger partial charge in [0.25, 0.3) is 5.91 Å². The lowest BCUT2D eigenvalue weighted by atomic mass is 10.0. The number of nitrogens with one attached hydrogen (secondary N) is 2. The standard InChI is InChI=1S/C17H16N2O4/c1-22-14-6-4-3-5-11(14)15-18-13-8-7-10(17(21)23-2)9-12(13)16(20)19-15/h3-9,15,18H,1-2H3,(H,19,20). The van der Waals surface area contributed by atoms with Crippen LogP contribution in [0.3, 0.4) is 0 Å². The first-order valence-corrected chi connectivity index (χ1v) is 7.06. The molecule has 3 rings (SSSR count). The third-order valence-corrected chi connectivity index (χ3v) is 3.71.